The Bertz CT molecular complexity index is 236. The van der Waals surface area contributed by atoms with Crippen LogP contribution in [0.25, 0.3) is 0 Å². The maximum absolute atomic E-state index is 10.3. The highest BCUT2D eigenvalue weighted by atomic mass is 16.4. The monoisotopic (exact) mass is 166 g/mol. The van der Waals surface area contributed by atoms with E-state index in [1.165, 1.54) is 11.1 Å². The second-order valence-electron chi connectivity index (χ2n) is 3.09. The van der Waals surface area contributed by atoms with Crippen LogP contribution in [-0.4, -0.2) is 11.1 Å². The third kappa shape index (κ3) is 2.53. The molecule has 0 saturated heterocycles. The number of carbonyl (C=O) groups is 1. The van der Waals surface area contributed by atoms with Gasteiger partial charge in [0.15, 0.2) is 0 Å². The first-order chi connectivity index (χ1) is 5.70. The summed E-state index contributed by atoms with van der Waals surface area (Å²) in [5.74, 6) is -0.714. The zero-order chi connectivity index (χ0) is 8.97. The second-order valence-corrected chi connectivity index (χ2v) is 3.09. The number of carboxylic acid groups (broad SMARTS) is 1. The lowest BCUT2D eigenvalue weighted by Crippen LogP contribution is -1.98. The summed E-state index contributed by atoms with van der Waals surface area (Å²) >= 11 is 0. The average Bonchev–Trinajstić information content (AvgIpc) is 2.03. The minimum Gasteiger partial charge on any atom is -0.481 e. The Morgan fingerprint density at radius 2 is 2.17 bits per heavy atom. The molecule has 0 amide bonds. The van der Waals surface area contributed by atoms with Crippen LogP contribution in [0.1, 0.15) is 32.6 Å². The standard InChI is InChI=1S/C10H14O2/c1-8-4-2-3-5-9(8)6-7-10(11)12/h4-5H,2-3,6-7H2,1H3,(H,11,12). The summed E-state index contributed by atoms with van der Waals surface area (Å²) in [7, 11) is 0. The van der Waals surface area contributed by atoms with Crippen LogP contribution in [0, 0.1) is 0 Å². The van der Waals surface area contributed by atoms with Gasteiger partial charge in [-0.15, -0.1) is 0 Å². The molecule has 0 aromatic heterocycles. The molecule has 0 spiro atoms. The van der Waals surface area contributed by atoms with Gasteiger partial charge in [-0.3, -0.25) is 4.79 Å². The van der Waals surface area contributed by atoms with Crippen LogP contribution >= 0.6 is 0 Å². The fourth-order valence-corrected chi connectivity index (χ4v) is 1.39. The third-order valence-corrected chi connectivity index (χ3v) is 2.12. The van der Waals surface area contributed by atoms with Gasteiger partial charge in [0.2, 0.25) is 0 Å². The first-order valence-corrected chi connectivity index (χ1v) is 4.28. The number of rotatable bonds is 3. The van der Waals surface area contributed by atoms with Gasteiger partial charge in [-0.1, -0.05) is 17.7 Å². The Labute approximate surface area is 72.6 Å². The third-order valence-electron chi connectivity index (χ3n) is 2.12. The Kier molecular flexibility index (Phi) is 3.09. The molecule has 0 radical (unpaired) electrons. The molecule has 1 rings (SSSR count). The molecule has 0 heterocycles. The van der Waals surface area contributed by atoms with Crippen molar-refractivity contribution >= 4 is 5.97 Å². The molecular weight excluding hydrogens is 152 g/mol. The number of allylic oxidation sites excluding steroid dienone is 4. The van der Waals surface area contributed by atoms with Crippen LogP contribution in [0.2, 0.25) is 0 Å². The van der Waals surface area contributed by atoms with Crippen molar-refractivity contribution in [1.82, 2.24) is 0 Å². The zero-order valence-electron chi connectivity index (χ0n) is 7.34. The average molecular weight is 166 g/mol. The largest absolute Gasteiger partial charge is 0.481 e. The quantitative estimate of drug-likeness (QED) is 0.699. The fourth-order valence-electron chi connectivity index (χ4n) is 1.39. The SMILES string of the molecule is CC1=CCCC=C1CCC(=O)O. The van der Waals surface area contributed by atoms with Gasteiger partial charge >= 0.3 is 5.97 Å². The highest BCUT2D eigenvalue weighted by Gasteiger charge is 2.06. The summed E-state index contributed by atoms with van der Waals surface area (Å²) in [5, 5.41) is 8.48. The van der Waals surface area contributed by atoms with Crippen molar-refractivity contribution in [3.05, 3.63) is 23.3 Å². The topological polar surface area (TPSA) is 37.3 Å². The molecule has 0 saturated carbocycles. The lowest BCUT2D eigenvalue weighted by molar-refractivity contribution is -0.136. The minimum absolute atomic E-state index is 0.247. The van der Waals surface area contributed by atoms with E-state index in [0.29, 0.717) is 6.42 Å². The molecule has 12 heavy (non-hydrogen) atoms. The van der Waals surface area contributed by atoms with E-state index in [4.69, 9.17) is 5.11 Å². The Hall–Kier alpha value is -1.05. The van der Waals surface area contributed by atoms with Crippen molar-refractivity contribution in [2.45, 2.75) is 32.6 Å². The summed E-state index contributed by atoms with van der Waals surface area (Å²) in [4.78, 5) is 10.3. The minimum atomic E-state index is -0.714. The lowest BCUT2D eigenvalue weighted by Gasteiger charge is -2.10. The van der Waals surface area contributed by atoms with Crippen LogP contribution in [0.5, 0.6) is 0 Å². The van der Waals surface area contributed by atoms with Gasteiger partial charge in [-0.05, 0) is 31.8 Å². The van der Waals surface area contributed by atoms with Gasteiger partial charge < -0.3 is 5.11 Å². The lowest BCUT2D eigenvalue weighted by atomic mass is 9.95. The maximum atomic E-state index is 10.3. The molecule has 2 heteroatoms. The number of carboxylic acids is 1. The van der Waals surface area contributed by atoms with Crippen LogP contribution in [0.4, 0.5) is 0 Å². The number of aliphatic carboxylic acids is 1. The van der Waals surface area contributed by atoms with E-state index >= 15 is 0 Å². The van der Waals surface area contributed by atoms with Gasteiger partial charge in [-0.25, -0.2) is 0 Å². The van der Waals surface area contributed by atoms with Crippen LogP contribution in [-0.2, 0) is 4.79 Å². The number of hydrogen-bond acceptors (Lipinski definition) is 1. The van der Waals surface area contributed by atoms with Gasteiger partial charge in [-0.2, -0.15) is 0 Å². The molecule has 66 valence electrons. The first-order valence-electron chi connectivity index (χ1n) is 4.28. The van der Waals surface area contributed by atoms with Gasteiger partial charge in [0.05, 0.1) is 0 Å². The van der Waals surface area contributed by atoms with Gasteiger partial charge in [0.1, 0.15) is 0 Å². The summed E-state index contributed by atoms with van der Waals surface area (Å²) in [6.45, 7) is 2.05. The summed E-state index contributed by atoms with van der Waals surface area (Å²) in [6.07, 6.45) is 7.42. The number of hydrogen-bond donors (Lipinski definition) is 1. The normalized spacial score (nSPS) is 16.8. The Balaban J connectivity index is 2.46. The van der Waals surface area contributed by atoms with E-state index in [1.807, 2.05) is 6.92 Å². The van der Waals surface area contributed by atoms with E-state index in [0.717, 1.165) is 12.8 Å². The molecule has 0 aromatic carbocycles. The molecule has 0 fully saturated rings. The molecule has 0 bridgehead atoms. The van der Waals surface area contributed by atoms with Crippen molar-refractivity contribution < 1.29 is 9.90 Å². The molecule has 1 N–H and O–H groups in total. The molecule has 0 aliphatic heterocycles. The second kappa shape index (κ2) is 4.10. The first kappa shape index (κ1) is 9.04. The van der Waals surface area contributed by atoms with Crippen molar-refractivity contribution in [1.29, 1.82) is 0 Å². The van der Waals surface area contributed by atoms with Gasteiger partial charge in [0, 0.05) is 6.42 Å². The van der Waals surface area contributed by atoms with E-state index in [9.17, 15) is 4.79 Å². The maximum Gasteiger partial charge on any atom is 0.303 e. The summed E-state index contributed by atoms with van der Waals surface area (Å²) in [6, 6.07) is 0. The summed E-state index contributed by atoms with van der Waals surface area (Å²) in [5.41, 5.74) is 2.46. The van der Waals surface area contributed by atoms with Gasteiger partial charge in [0.25, 0.3) is 0 Å². The molecule has 2 nitrogen and oxygen atoms in total. The molecular formula is C10H14O2. The molecule has 1 aliphatic rings. The molecule has 0 unspecified atom stereocenters. The highest BCUT2D eigenvalue weighted by molar-refractivity contribution is 5.67. The van der Waals surface area contributed by atoms with E-state index in [1.54, 1.807) is 0 Å². The van der Waals surface area contributed by atoms with Crippen molar-refractivity contribution in [2.24, 2.45) is 0 Å². The van der Waals surface area contributed by atoms with Crippen molar-refractivity contribution in [3.8, 4) is 0 Å². The smallest absolute Gasteiger partial charge is 0.303 e. The van der Waals surface area contributed by atoms with Crippen molar-refractivity contribution in [3.63, 3.8) is 0 Å². The van der Waals surface area contributed by atoms with Crippen LogP contribution in [0.3, 0.4) is 0 Å². The predicted molar refractivity (Wildman–Crippen MR) is 47.9 cm³/mol. The summed E-state index contributed by atoms with van der Waals surface area (Å²) < 4.78 is 0. The van der Waals surface area contributed by atoms with E-state index in [2.05, 4.69) is 12.2 Å². The highest BCUT2D eigenvalue weighted by Crippen LogP contribution is 2.21. The van der Waals surface area contributed by atoms with Crippen LogP contribution < -0.4 is 0 Å². The van der Waals surface area contributed by atoms with Crippen LogP contribution in [0.15, 0.2) is 23.3 Å². The fraction of sp³-hybridized carbons (Fsp3) is 0.500. The van der Waals surface area contributed by atoms with E-state index < -0.39 is 5.97 Å². The molecule has 1 aliphatic carbocycles. The molecule has 0 aromatic rings. The Morgan fingerprint density at radius 1 is 1.50 bits per heavy atom. The van der Waals surface area contributed by atoms with E-state index in [-0.39, 0.29) is 6.42 Å². The van der Waals surface area contributed by atoms with Crippen molar-refractivity contribution in [2.75, 3.05) is 0 Å². The Morgan fingerprint density at radius 3 is 2.75 bits per heavy atom. The predicted octanol–water partition coefficient (Wildman–Crippen LogP) is 2.52. The zero-order valence-corrected chi connectivity index (χ0v) is 7.34. The molecule has 0 atom stereocenters.